The van der Waals surface area contributed by atoms with Gasteiger partial charge in [-0.05, 0) is 5.92 Å². The van der Waals surface area contributed by atoms with E-state index < -0.39 is 0 Å². The molecule has 1 fully saturated rings. The predicted octanol–water partition coefficient (Wildman–Crippen LogP) is 2.03. The maximum Gasteiger partial charge on any atom is 0.0703 e. The highest BCUT2D eigenvalue weighted by Crippen LogP contribution is 2.33. The van der Waals surface area contributed by atoms with Gasteiger partial charge in [-0.3, -0.25) is 0 Å². The Balaban J connectivity index is 2.30. The van der Waals surface area contributed by atoms with Gasteiger partial charge in [0.2, 0.25) is 0 Å². The second-order valence-corrected chi connectivity index (χ2v) is 4.87. The predicted molar refractivity (Wildman–Crippen MR) is 44.9 cm³/mol. The zero-order valence-corrected chi connectivity index (χ0v) is 7.43. The lowest BCUT2D eigenvalue weighted by Gasteiger charge is -2.25. The third-order valence-corrected chi connectivity index (χ3v) is 4.19. The van der Waals surface area contributed by atoms with Crippen molar-refractivity contribution in [3.63, 3.8) is 0 Å². The molecule has 3 heteroatoms. The Morgan fingerprint density at radius 2 is 2.00 bits per heavy atom. The van der Waals surface area contributed by atoms with E-state index in [0.29, 0.717) is 6.10 Å². The molecule has 0 aromatic heterocycles. The van der Waals surface area contributed by atoms with Gasteiger partial charge in [-0.2, -0.15) is 0 Å². The molecule has 9 heavy (non-hydrogen) atoms. The summed E-state index contributed by atoms with van der Waals surface area (Å²) in [6.45, 7) is 2.25. The zero-order valence-electron chi connectivity index (χ0n) is 5.79. The Bertz CT molecular complexity index is 87.1. The molecule has 0 aromatic rings. The molecule has 0 amide bonds. The van der Waals surface area contributed by atoms with E-state index in [0.717, 1.165) is 11.7 Å². The molecule has 1 aliphatic heterocycles. The highest BCUT2D eigenvalue weighted by molar-refractivity contribution is 8.76. The van der Waals surface area contributed by atoms with E-state index in [-0.39, 0.29) is 0 Å². The molecule has 0 aromatic carbocycles. The van der Waals surface area contributed by atoms with Crippen molar-refractivity contribution in [3.8, 4) is 0 Å². The van der Waals surface area contributed by atoms with Crippen molar-refractivity contribution in [2.75, 3.05) is 18.6 Å². The van der Waals surface area contributed by atoms with Crippen LogP contribution in [0.2, 0.25) is 0 Å². The minimum atomic E-state index is 0.497. The van der Waals surface area contributed by atoms with Crippen LogP contribution >= 0.6 is 21.6 Å². The summed E-state index contributed by atoms with van der Waals surface area (Å²) in [7, 11) is 5.69. The Morgan fingerprint density at radius 1 is 1.33 bits per heavy atom. The molecule has 0 saturated carbocycles. The first-order valence-corrected chi connectivity index (χ1v) is 5.60. The van der Waals surface area contributed by atoms with Crippen molar-refractivity contribution in [2.24, 2.45) is 5.92 Å². The maximum absolute atomic E-state index is 5.27. The molecule has 54 valence electrons. The van der Waals surface area contributed by atoms with Crippen LogP contribution in [-0.4, -0.2) is 24.7 Å². The Kier molecular flexibility index (Phi) is 3.22. The second kappa shape index (κ2) is 3.74. The monoisotopic (exact) mass is 164 g/mol. The highest BCUT2D eigenvalue weighted by Gasteiger charge is 2.21. The molecule has 0 bridgehead atoms. The summed E-state index contributed by atoms with van der Waals surface area (Å²) in [4.78, 5) is 0. The molecule has 0 N–H and O–H groups in total. The van der Waals surface area contributed by atoms with Gasteiger partial charge in [-0.15, -0.1) is 0 Å². The molecule has 0 aliphatic carbocycles. The molecule has 1 nitrogen and oxygen atoms in total. The van der Waals surface area contributed by atoms with Gasteiger partial charge < -0.3 is 4.74 Å². The van der Waals surface area contributed by atoms with Gasteiger partial charge in [-0.25, -0.2) is 0 Å². The molecule has 1 heterocycles. The summed E-state index contributed by atoms with van der Waals surface area (Å²) in [5, 5.41) is 0. The van der Waals surface area contributed by atoms with Crippen LogP contribution in [0.4, 0.5) is 0 Å². The normalized spacial score (nSPS) is 36.7. The standard InChI is InChI=1S/C6H12OS2/c1-5-3-8-9-4-6(5)7-2/h5-6H,3-4H2,1-2H3/t5-,6-/m1/s1. The number of rotatable bonds is 1. The van der Waals surface area contributed by atoms with Gasteiger partial charge in [0.05, 0.1) is 6.10 Å². The lowest BCUT2D eigenvalue weighted by molar-refractivity contribution is 0.0854. The fourth-order valence-corrected chi connectivity index (χ4v) is 3.69. The van der Waals surface area contributed by atoms with E-state index in [4.69, 9.17) is 4.74 Å². The van der Waals surface area contributed by atoms with Gasteiger partial charge in [0.25, 0.3) is 0 Å². The number of hydrogen-bond donors (Lipinski definition) is 0. The third kappa shape index (κ3) is 2.06. The first kappa shape index (κ1) is 7.76. The average Bonchev–Trinajstić information content (AvgIpc) is 1.89. The summed E-state index contributed by atoms with van der Waals surface area (Å²) >= 11 is 0. The van der Waals surface area contributed by atoms with Crippen molar-refractivity contribution in [1.82, 2.24) is 0 Å². The van der Waals surface area contributed by atoms with Crippen LogP contribution in [0.5, 0.6) is 0 Å². The first-order chi connectivity index (χ1) is 4.34. The first-order valence-electron chi connectivity index (χ1n) is 3.12. The van der Waals surface area contributed by atoms with Crippen LogP contribution in [0, 0.1) is 5.92 Å². The van der Waals surface area contributed by atoms with Gasteiger partial charge in [0.1, 0.15) is 0 Å². The van der Waals surface area contributed by atoms with Crippen LogP contribution < -0.4 is 0 Å². The molecule has 1 saturated heterocycles. The molecule has 0 spiro atoms. The fraction of sp³-hybridized carbons (Fsp3) is 1.00. The molecule has 0 unspecified atom stereocenters. The quantitative estimate of drug-likeness (QED) is 0.549. The summed E-state index contributed by atoms with van der Waals surface area (Å²) < 4.78 is 5.27. The molecule has 0 radical (unpaired) electrons. The van der Waals surface area contributed by atoms with E-state index in [9.17, 15) is 0 Å². The summed E-state index contributed by atoms with van der Waals surface area (Å²) in [6.07, 6.45) is 0.497. The van der Waals surface area contributed by atoms with Crippen LogP contribution in [-0.2, 0) is 4.74 Å². The summed E-state index contributed by atoms with van der Waals surface area (Å²) in [5.41, 5.74) is 0. The second-order valence-electron chi connectivity index (χ2n) is 2.32. The van der Waals surface area contributed by atoms with Crippen LogP contribution in [0.15, 0.2) is 0 Å². The average molecular weight is 164 g/mol. The van der Waals surface area contributed by atoms with Crippen molar-refractivity contribution >= 4 is 21.6 Å². The zero-order chi connectivity index (χ0) is 6.69. The minimum absolute atomic E-state index is 0.497. The number of ether oxygens (including phenoxy) is 1. The van der Waals surface area contributed by atoms with Crippen LogP contribution in [0.3, 0.4) is 0 Å². The van der Waals surface area contributed by atoms with E-state index in [1.165, 1.54) is 5.75 Å². The smallest absolute Gasteiger partial charge is 0.0703 e. The molecule has 2 atom stereocenters. The van der Waals surface area contributed by atoms with E-state index >= 15 is 0 Å². The van der Waals surface area contributed by atoms with E-state index in [1.54, 1.807) is 7.11 Å². The van der Waals surface area contributed by atoms with Gasteiger partial charge in [0.15, 0.2) is 0 Å². The summed E-state index contributed by atoms with van der Waals surface area (Å²) in [6, 6.07) is 0. The van der Waals surface area contributed by atoms with Crippen molar-refractivity contribution < 1.29 is 4.74 Å². The van der Waals surface area contributed by atoms with Gasteiger partial charge >= 0.3 is 0 Å². The maximum atomic E-state index is 5.27. The molecule has 1 rings (SSSR count). The van der Waals surface area contributed by atoms with Gasteiger partial charge in [-0.1, -0.05) is 28.5 Å². The molecule has 1 aliphatic rings. The SMILES string of the molecule is CO[C@@H]1CSSC[C@H]1C. The van der Waals surface area contributed by atoms with Gasteiger partial charge in [0, 0.05) is 18.6 Å². The Labute approximate surface area is 64.3 Å². The lowest BCUT2D eigenvalue weighted by Crippen LogP contribution is -2.27. The summed E-state index contributed by atoms with van der Waals surface area (Å²) in [5.74, 6) is 3.13. The molecular formula is C6H12OS2. The van der Waals surface area contributed by atoms with E-state index in [1.807, 2.05) is 21.6 Å². The molecular weight excluding hydrogens is 152 g/mol. The topological polar surface area (TPSA) is 9.23 Å². The van der Waals surface area contributed by atoms with Crippen molar-refractivity contribution in [3.05, 3.63) is 0 Å². The van der Waals surface area contributed by atoms with E-state index in [2.05, 4.69) is 6.92 Å². The number of methoxy groups -OCH3 is 1. The fourth-order valence-electron chi connectivity index (χ4n) is 0.843. The highest BCUT2D eigenvalue weighted by atomic mass is 33.1. The van der Waals surface area contributed by atoms with Crippen molar-refractivity contribution in [1.29, 1.82) is 0 Å². The Morgan fingerprint density at radius 3 is 2.44 bits per heavy atom. The van der Waals surface area contributed by atoms with Crippen LogP contribution in [0.25, 0.3) is 0 Å². The Hall–Kier alpha value is 0.660. The third-order valence-electron chi connectivity index (χ3n) is 1.58. The van der Waals surface area contributed by atoms with Crippen molar-refractivity contribution in [2.45, 2.75) is 13.0 Å². The largest absolute Gasteiger partial charge is 0.380 e. The minimum Gasteiger partial charge on any atom is -0.380 e. The number of hydrogen-bond acceptors (Lipinski definition) is 3. The lowest BCUT2D eigenvalue weighted by atomic mass is 10.1. The van der Waals surface area contributed by atoms with Crippen LogP contribution in [0.1, 0.15) is 6.92 Å².